The lowest BCUT2D eigenvalue weighted by Crippen LogP contribution is -2.13. The molecule has 0 aliphatic rings. The Morgan fingerprint density at radius 2 is 1.83 bits per heavy atom. The highest BCUT2D eigenvalue weighted by atomic mass is 16.5. The number of pyridine rings is 2. The predicted octanol–water partition coefficient (Wildman–Crippen LogP) is 3.65. The average molecular weight is 321 g/mol. The van der Waals surface area contributed by atoms with Gasteiger partial charge in [0.2, 0.25) is 0 Å². The van der Waals surface area contributed by atoms with Crippen LogP contribution in [0, 0.1) is 0 Å². The number of carboxylic acids is 1. The van der Waals surface area contributed by atoms with E-state index < -0.39 is 5.97 Å². The van der Waals surface area contributed by atoms with Crippen molar-refractivity contribution in [1.82, 2.24) is 9.97 Å². The lowest BCUT2D eigenvalue weighted by molar-refractivity contribution is 0.0697. The van der Waals surface area contributed by atoms with Crippen molar-refractivity contribution < 1.29 is 14.6 Å². The molecule has 1 N–H and O–H groups in total. The van der Waals surface area contributed by atoms with Gasteiger partial charge in [-0.3, -0.25) is 4.90 Å². The van der Waals surface area contributed by atoms with E-state index in [-0.39, 0.29) is 5.56 Å². The van der Waals surface area contributed by atoms with Gasteiger partial charge in [0, 0.05) is 18.5 Å². The Hall–Kier alpha value is -3.41. The molecule has 0 spiro atoms. The fraction of sp³-hybridized carbons (Fsp3) is 0.0556. The summed E-state index contributed by atoms with van der Waals surface area (Å²) < 4.78 is 5.28. The molecule has 2 heterocycles. The molecule has 3 rings (SSSR count). The Morgan fingerprint density at radius 3 is 2.54 bits per heavy atom. The molecule has 0 amide bonds. The highest BCUT2D eigenvalue weighted by molar-refractivity contribution is 5.89. The standard InChI is InChI=1S/C18H15N3O3/c1-24-15-6-4-5-14(12-15)21(16-7-2-3-9-19-16)17-11-13(18(22)23)8-10-20-17/h2-12H,1H3,(H,22,23). The van der Waals surface area contributed by atoms with Crippen LogP contribution in [0.2, 0.25) is 0 Å². The van der Waals surface area contributed by atoms with E-state index in [9.17, 15) is 9.90 Å². The molecule has 0 radical (unpaired) electrons. The molecule has 6 nitrogen and oxygen atoms in total. The third-order valence-corrected chi connectivity index (χ3v) is 3.41. The molecule has 24 heavy (non-hydrogen) atoms. The molecule has 0 fully saturated rings. The monoisotopic (exact) mass is 321 g/mol. The Bertz CT molecular complexity index is 853. The van der Waals surface area contributed by atoms with Crippen molar-refractivity contribution in [1.29, 1.82) is 0 Å². The molecule has 3 aromatic rings. The molecule has 0 bridgehead atoms. The topological polar surface area (TPSA) is 75.5 Å². The van der Waals surface area contributed by atoms with Crippen LogP contribution in [0.4, 0.5) is 17.3 Å². The summed E-state index contributed by atoms with van der Waals surface area (Å²) in [7, 11) is 1.59. The first-order chi connectivity index (χ1) is 11.7. The zero-order chi connectivity index (χ0) is 16.9. The molecule has 0 aliphatic heterocycles. The van der Waals surface area contributed by atoms with Crippen LogP contribution in [0.3, 0.4) is 0 Å². The van der Waals surface area contributed by atoms with Gasteiger partial charge in [-0.2, -0.15) is 0 Å². The highest BCUT2D eigenvalue weighted by Crippen LogP contribution is 2.33. The average Bonchev–Trinajstić information content (AvgIpc) is 2.63. The first-order valence-corrected chi connectivity index (χ1v) is 7.23. The van der Waals surface area contributed by atoms with Crippen LogP contribution in [0.1, 0.15) is 10.4 Å². The van der Waals surface area contributed by atoms with E-state index >= 15 is 0 Å². The van der Waals surface area contributed by atoms with Crippen LogP contribution in [-0.4, -0.2) is 28.2 Å². The molecule has 0 atom stereocenters. The minimum Gasteiger partial charge on any atom is -0.497 e. The second kappa shape index (κ2) is 6.78. The van der Waals surface area contributed by atoms with Gasteiger partial charge in [-0.1, -0.05) is 12.1 Å². The van der Waals surface area contributed by atoms with Crippen molar-refractivity contribution in [2.75, 3.05) is 12.0 Å². The van der Waals surface area contributed by atoms with Crippen molar-refractivity contribution >= 4 is 23.3 Å². The van der Waals surface area contributed by atoms with E-state index in [1.54, 1.807) is 18.2 Å². The quantitative estimate of drug-likeness (QED) is 0.773. The fourth-order valence-electron chi connectivity index (χ4n) is 2.29. The Morgan fingerprint density at radius 1 is 1.00 bits per heavy atom. The van der Waals surface area contributed by atoms with Crippen molar-refractivity contribution in [3.8, 4) is 5.75 Å². The summed E-state index contributed by atoms with van der Waals surface area (Å²) in [4.78, 5) is 21.7. The van der Waals surface area contributed by atoms with Crippen LogP contribution in [-0.2, 0) is 0 Å². The third kappa shape index (κ3) is 3.17. The highest BCUT2D eigenvalue weighted by Gasteiger charge is 2.16. The molecule has 1 aromatic carbocycles. The SMILES string of the molecule is COc1cccc(N(c2ccccn2)c2cc(C(=O)O)ccn2)c1. The van der Waals surface area contributed by atoms with Gasteiger partial charge < -0.3 is 9.84 Å². The third-order valence-electron chi connectivity index (χ3n) is 3.41. The summed E-state index contributed by atoms with van der Waals surface area (Å²) in [5, 5.41) is 9.23. The van der Waals surface area contributed by atoms with E-state index in [2.05, 4.69) is 9.97 Å². The van der Waals surface area contributed by atoms with Gasteiger partial charge in [-0.25, -0.2) is 14.8 Å². The maximum Gasteiger partial charge on any atom is 0.335 e. The van der Waals surface area contributed by atoms with E-state index in [1.807, 2.05) is 42.5 Å². The van der Waals surface area contributed by atoms with E-state index in [0.29, 0.717) is 17.4 Å². The zero-order valence-electron chi connectivity index (χ0n) is 13.0. The number of methoxy groups -OCH3 is 1. The Kier molecular flexibility index (Phi) is 4.38. The number of nitrogens with zero attached hydrogens (tertiary/aromatic N) is 3. The number of carboxylic acid groups (broad SMARTS) is 1. The van der Waals surface area contributed by atoms with Gasteiger partial charge in [0.1, 0.15) is 17.4 Å². The van der Waals surface area contributed by atoms with E-state index in [1.165, 1.54) is 18.3 Å². The molecule has 120 valence electrons. The molecule has 0 saturated heterocycles. The van der Waals surface area contributed by atoms with Crippen LogP contribution >= 0.6 is 0 Å². The molecular weight excluding hydrogens is 306 g/mol. The van der Waals surface area contributed by atoms with Crippen LogP contribution < -0.4 is 9.64 Å². The molecular formula is C18H15N3O3. The van der Waals surface area contributed by atoms with Gasteiger partial charge in [0.15, 0.2) is 0 Å². The number of ether oxygens (including phenoxy) is 1. The molecule has 6 heteroatoms. The van der Waals surface area contributed by atoms with Crippen molar-refractivity contribution in [3.63, 3.8) is 0 Å². The van der Waals surface area contributed by atoms with Gasteiger partial charge in [-0.05, 0) is 36.4 Å². The van der Waals surface area contributed by atoms with Gasteiger partial charge in [0.05, 0.1) is 18.4 Å². The Labute approximate surface area is 139 Å². The predicted molar refractivity (Wildman–Crippen MR) is 90.2 cm³/mol. The van der Waals surface area contributed by atoms with Crippen molar-refractivity contribution in [3.05, 3.63) is 72.6 Å². The van der Waals surface area contributed by atoms with E-state index in [0.717, 1.165) is 5.69 Å². The number of hydrogen-bond donors (Lipinski definition) is 1. The zero-order valence-corrected chi connectivity index (χ0v) is 13.0. The maximum absolute atomic E-state index is 11.3. The number of hydrogen-bond acceptors (Lipinski definition) is 5. The van der Waals surface area contributed by atoms with Crippen LogP contribution in [0.15, 0.2) is 67.0 Å². The van der Waals surface area contributed by atoms with Crippen LogP contribution in [0.25, 0.3) is 0 Å². The largest absolute Gasteiger partial charge is 0.497 e. The van der Waals surface area contributed by atoms with Gasteiger partial charge in [-0.15, -0.1) is 0 Å². The summed E-state index contributed by atoms with van der Waals surface area (Å²) in [6, 6.07) is 15.9. The maximum atomic E-state index is 11.3. The molecule has 0 saturated carbocycles. The number of carbonyl (C=O) groups is 1. The smallest absolute Gasteiger partial charge is 0.335 e. The first kappa shape index (κ1) is 15.5. The Balaban J connectivity index is 2.15. The summed E-state index contributed by atoms with van der Waals surface area (Å²) in [6.45, 7) is 0. The summed E-state index contributed by atoms with van der Waals surface area (Å²) >= 11 is 0. The normalized spacial score (nSPS) is 10.2. The lowest BCUT2D eigenvalue weighted by atomic mass is 10.2. The number of aromatic carboxylic acids is 1. The number of aromatic nitrogens is 2. The second-order valence-corrected chi connectivity index (χ2v) is 4.93. The van der Waals surface area contributed by atoms with Gasteiger partial charge in [0.25, 0.3) is 0 Å². The first-order valence-electron chi connectivity index (χ1n) is 7.23. The van der Waals surface area contributed by atoms with Crippen molar-refractivity contribution in [2.45, 2.75) is 0 Å². The lowest BCUT2D eigenvalue weighted by Gasteiger charge is -2.23. The fourth-order valence-corrected chi connectivity index (χ4v) is 2.29. The minimum atomic E-state index is -1.01. The molecule has 0 unspecified atom stereocenters. The molecule has 0 aliphatic carbocycles. The second-order valence-electron chi connectivity index (χ2n) is 4.93. The van der Waals surface area contributed by atoms with E-state index in [4.69, 9.17) is 4.74 Å². The van der Waals surface area contributed by atoms with Gasteiger partial charge >= 0.3 is 5.97 Å². The molecule has 2 aromatic heterocycles. The minimum absolute atomic E-state index is 0.156. The van der Waals surface area contributed by atoms with Crippen molar-refractivity contribution in [2.24, 2.45) is 0 Å². The summed E-state index contributed by atoms with van der Waals surface area (Å²) in [5.41, 5.74) is 0.923. The number of benzene rings is 1. The summed E-state index contributed by atoms with van der Waals surface area (Å²) in [5.74, 6) is 0.760. The number of anilines is 3. The summed E-state index contributed by atoms with van der Waals surface area (Å²) in [6.07, 6.45) is 3.14. The van der Waals surface area contributed by atoms with Crippen LogP contribution in [0.5, 0.6) is 5.75 Å². The number of rotatable bonds is 5.